The summed E-state index contributed by atoms with van der Waals surface area (Å²) in [5.41, 5.74) is 4.28. The summed E-state index contributed by atoms with van der Waals surface area (Å²) < 4.78 is 12.0. The van der Waals surface area contributed by atoms with E-state index in [0.29, 0.717) is 19.2 Å². The number of amides is 1. The minimum absolute atomic E-state index is 0.0188. The summed E-state index contributed by atoms with van der Waals surface area (Å²) >= 11 is 0. The van der Waals surface area contributed by atoms with E-state index < -0.39 is 11.6 Å². The lowest BCUT2D eigenvalue weighted by Crippen LogP contribution is -2.57. The number of rotatable bonds is 4. The van der Waals surface area contributed by atoms with Gasteiger partial charge < -0.3 is 25.5 Å². The van der Waals surface area contributed by atoms with Gasteiger partial charge in [0.05, 0.1) is 22.8 Å². The van der Waals surface area contributed by atoms with Crippen LogP contribution in [0, 0.1) is 5.92 Å². The molecular formula is C18H35BN2O4. The third-order valence-corrected chi connectivity index (χ3v) is 5.76. The molecule has 6 nitrogen and oxygen atoms in total. The topological polar surface area (TPSA) is 93.8 Å². The number of carbonyl (C=O) groups excluding carboxylic acids is 1. The molecule has 0 aromatic carbocycles. The molecule has 0 aromatic rings. The standard InChI is InChI=1S/C18H35BN2O4/c1-15(2,3)21-14(23)18(20)10-12(13(22)11-18)8-9-19-24-16(4,5)17(6,7)25-19/h12-13,22H,8-11,20H2,1-7H3,(H,21,23). The first-order chi connectivity index (χ1) is 11.2. The summed E-state index contributed by atoms with van der Waals surface area (Å²) in [6, 6.07) is 0. The minimum atomic E-state index is -1.01. The van der Waals surface area contributed by atoms with Gasteiger partial charge in [0.25, 0.3) is 0 Å². The Hall–Kier alpha value is -0.625. The van der Waals surface area contributed by atoms with E-state index in [4.69, 9.17) is 15.0 Å². The van der Waals surface area contributed by atoms with Crippen molar-refractivity contribution in [3.05, 3.63) is 0 Å². The van der Waals surface area contributed by atoms with Crippen molar-refractivity contribution in [1.29, 1.82) is 0 Å². The average Bonchev–Trinajstić information content (AvgIpc) is 2.79. The van der Waals surface area contributed by atoms with Crippen LogP contribution in [0.15, 0.2) is 0 Å². The second-order valence-electron chi connectivity index (χ2n) is 9.86. The molecule has 0 spiro atoms. The van der Waals surface area contributed by atoms with Gasteiger partial charge in [-0.15, -0.1) is 0 Å². The summed E-state index contributed by atoms with van der Waals surface area (Å²) in [5.74, 6) is -0.202. The molecule has 2 aliphatic rings. The van der Waals surface area contributed by atoms with Crippen LogP contribution in [0.1, 0.15) is 67.7 Å². The Morgan fingerprint density at radius 2 is 1.72 bits per heavy atom. The van der Waals surface area contributed by atoms with Crippen molar-refractivity contribution in [3.8, 4) is 0 Å². The third kappa shape index (κ3) is 4.56. The highest BCUT2D eigenvalue weighted by molar-refractivity contribution is 6.45. The van der Waals surface area contributed by atoms with E-state index in [1.54, 1.807) is 0 Å². The maximum Gasteiger partial charge on any atom is 0.457 e. The Labute approximate surface area is 152 Å². The zero-order valence-corrected chi connectivity index (χ0v) is 16.8. The van der Waals surface area contributed by atoms with Crippen LogP contribution >= 0.6 is 0 Å². The summed E-state index contributed by atoms with van der Waals surface area (Å²) in [7, 11) is -0.284. The van der Waals surface area contributed by atoms with Crippen LogP contribution < -0.4 is 11.1 Å². The summed E-state index contributed by atoms with van der Waals surface area (Å²) in [5, 5.41) is 13.3. The van der Waals surface area contributed by atoms with Crippen LogP contribution in [0.2, 0.25) is 6.32 Å². The van der Waals surface area contributed by atoms with Gasteiger partial charge in [0.1, 0.15) is 0 Å². The second kappa shape index (κ2) is 6.52. The molecule has 0 radical (unpaired) electrons. The van der Waals surface area contributed by atoms with Crippen LogP contribution in [-0.2, 0) is 14.1 Å². The highest BCUT2D eigenvalue weighted by atomic mass is 16.7. The van der Waals surface area contributed by atoms with E-state index in [-0.39, 0.29) is 35.7 Å². The Morgan fingerprint density at radius 3 is 2.20 bits per heavy atom. The average molecular weight is 354 g/mol. The fraction of sp³-hybridized carbons (Fsp3) is 0.944. The number of aliphatic hydroxyl groups excluding tert-OH is 1. The van der Waals surface area contributed by atoms with Crippen molar-refractivity contribution in [2.45, 2.75) is 102 Å². The number of carbonyl (C=O) groups is 1. The molecule has 1 amide bonds. The number of nitrogens with two attached hydrogens (primary N) is 1. The van der Waals surface area contributed by atoms with E-state index in [9.17, 15) is 9.90 Å². The normalized spacial score (nSPS) is 34.4. The van der Waals surface area contributed by atoms with Gasteiger partial charge in [-0.3, -0.25) is 4.79 Å². The first kappa shape index (κ1) is 20.7. The SMILES string of the molecule is CC(C)(C)NC(=O)C1(N)CC(O)C(CCB2OC(C)(C)C(C)(C)O2)C1. The fourth-order valence-corrected chi connectivity index (χ4v) is 3.61. The Kier molecular flexibility index (Phi) is 5.39. The maximum atomic E-state index is 12.5. The molecule has 1 heterocycles. The van der Waals surface area contributed by atoms with Crippen LogP contribution in [0.4, 0.5) is 0 Å². The molecular weight excluding hydrogens is 319 g/mol. The van der Waals surface area contributed by atoms with Crippen molar-refractivity contribution < 1.29 is 19.2 Å². The minimum Gasteiger partial charge on any atom is -0.403 e. The molecule has 3 atom stereocenters. The monoisotopic (exact) mass is 354 g/mol. The molecule has 1 aliphatic carbocycles. The van der Waals surface area contributed by atoms with Gasteiger partial charge in [0.15, 0.2) is 0 Å². The second-order valence-corrected chi connectivity index (χ2v) is 9.86. The van der Waals surface area contributed by atoms with E-state index in [1.807, 2.05) is 48.5 Å². The van der Waals surface area contributed by atoms with Gasteiger partial charge in [-0.2, -0.15) is 0 Å². The number of hydrogen-bond donors (Lipinski definition) is 3. The Balaban J connectivity index is 1.91. The van der Waals surface area contributed by atoms with Gasteiger partial charge in [-0.1, -0.05) is 0 Å². The van der Waals surface area contributed by atoms with E-state index >= 15 is 0 Å². The zero-order chi connectivity index (χ0) is 19.3. The van der Waals surface area contributed by atoms with Gasteiger partial charge >= 0.3 is 7.12 Å². The maximum absolute atomic E-state index is 12.5. The van der Waals surface area contributed by atoms with Crippen molar-refractivity contribution in [1.82, 2.24) is 5.32 Å². The van der Waals surface area contributed by atoms with Crippen LogP contribution in [0.25, 0.3) is 0 Å². The smallest absolute Gasteiger partial charge is 0.403 e. The molecule has 3 unspecified atom stereocenters. The molecule has 1 saturated heterocycles. The lowest BCUT2D eigenvalue weighted by molar-refractivity contribution is -0.128. The van der Waals surface area contributed by atoms with Gasteiger partial charge in [0.2, 0.25) is 5.91 Å². The van der Waals surface area contributed by atoms with E-state index in [0.717, 1.165) is 6.42 Å². The van der Waals surface area contributed by atoms with E-state index in [1.165, 1.54) is 0 Å². The number of nitrogens with one attached hydrogen (secondary N) is 1. The predicted molar refractivity (Wildman–Crippen MR) is 99.1 cm³/mol. The Morgan fingerprint density at radius 1 is 1.20 bits per heavy atom. The zero-order valence-electron chi connectivity index (χ0n) is 16.8. The number of aliphatic hydroxyl groups is 1. The first-order valence-electron chi connectivity index (χ1n) is 9.30. The highest BCUT2D eigenvalue weighted by Crippen LogP contribution is 2.41. The fourth-order valence-electron chi connectivity index (χ4n) is 3.61. The van der Waals surface area contributed by atoms with Crippen molar-refractivity contribution in [2.75, 3.05) is 0 Å². The molecule has 2 fully saturated rings. The molecule has 25 heavy (non-hydrogen) atoms. The quantitative estimate of drug-likeness (QED) is 0.670. The lowest BCUT2D eigenvalue weighted by atomic mass is 9.78. The van der Waals surface area contributed by atoms with Crippen LogP contribution in [0.3, 0.4) is 0 Å². The predicted octanol–water partition coefficient (Wildman–Crippen LogP) is 1.85. The van der Waals surface area contributed by atoms with Crippen LogP contribution in [-0.4, -0.2) is 46.5 Å². The van der Waals surface area contributed by atoms with Crippen molar-refractivity contribution in [3.63, 3.8) is 0 Å². The van der Waals surface area contributed by atoms with Crippen LogP contribution in [0.5, 0.6) is 0 Å². The van der Waals surface area contributed by atoms with Gasteiger partial charge in [-0.05, 0) is 73.5 Å². The summed E-state index contributed by atoms with van der Waals surface area (Å²) in [6.45, 7) is 13.9. The van der Waals surface area contributed by atoms with Crippen molar-refractivity contribution >= 4 is 13.0 Å². The molecule has 2 rings (SSSR count). The highest BCUT2D eigenvalue weighted by Gasteiger charge is 2.52. The molecule has 0 aromatic heterocycles. The molecule has 7 heteroatoms. The molecule has 1 saturated carbocycles. The van der Waals surface area contributed by atoms with E-state index in [2.05, 4.69) is 5.32 Å². The largest absolute Gasteiger partial charge is 0.457 e. The summed E-state index contributed by atoms with van der Waals surface area (Å²) in [4.78, 5) is 12.5. The van der Waals surface area contributed by atoms with Gasteiger partial charge in [-0.25, -0.2) is 0 Å². The van der Waals surface area contributed by atoms with Crippen molar-refractivity contribution in [2.24, 2.45) is 11.7 Å². The summed E-state index contributed by atoms with van der Waals surface area (Å²) in [6.07, 6.45) is 1.61. The molecule has 1 aliphatic heterocycles. The molecule has 0 bridgehead atoms. The molecule has 144 valence electrons. The molecule has 4 N–H and O–H groups in total. The Bertz CT molecular complexity index is 502. The van der Waals surface area contributed by atoms with Gasteiger partial charge in [0, 0.05) is 12.0 Å². The lowest BCUT2D eigenvalue weighted by Gasteiger charge is -2.32. The first-order valence-corrected chi connectivity index (χ1v) is 9.30. The third-order valence-electron chi connectivity index (χ3n) is 5.76. The number of hydrogen-bond acceptors (Lipinski definition) is 5.